The van der Waals surface area contributed by atoms with Gasteiger partial charge in [0.25, 0.3) is 0 Å². The zero-order valence-corrected chi connectivity index (χ0v) is 22.5. The van der Waals surface area contributed by atoms with Gasteiger partial charge in [0.2, 0.25) is 0 Å². The number of rotatable bonds is 7. The van der Waals surface area contributed by atoms with Crippen LogP contribution in [0.25, 0.3) is 5.57 Å². The van der Waals surface area contributed by atoms with Crippen molar-refractivity contribution in [2.24, 2.45) is 0 Å². The number of fused-ring (bicyclic) bond motifs is 2. The van der Waals surface area contributed by atoms with E-state index >= 15 is 0 Å². The highest BCUT2D eigenvalue weighted by Gasteiger charge is 2.47. The average molecular weight is 579 g/mol. The van der Waals surface area contributed by atoms with Crippen LogP contribution in [0.15, 0.2) is 82.8 Å². The number of halogens is 2. The Bertz CT molecular complexity index is 1360. The molecule has 2 aliphatic rings. The van der Waals surface area contributed by atoms with Gasteiger partial charge in [-0.2, -0.15) is 0 Å². The van der Waals surface area contributed by atoms with Crippen molar-refractivity contribution < 1.29 is 23.5 Å². The number of methoxy groups -OCH3 is 1. The first-order valence-electron chi connectivity index (χ1n) is 12.5. The van der Waals surface area contributed by atoms with Gasteiger partial charge in [-0.3, -0.25) is 0 Å². The minimum Gasteiger partial charge on any atom is -0.488 e. The fourth-order valence-corrected chi connectivity index (χ4v) is 5.58. The molecular formula is C30H28BrFN2O4. The summed E-state index contributed by atoms with van der Waals surface area (Å²) in [6.07, 6.45) is 1.84. The molecule has 2 aliphatic heterocycles. The van der Waals surface area contributed by atoms with Gasteiger partial charge in [-0.25, -0.2) is 14.0 Å². The van der Waals surface area contributed by atoms with E-state index in [0.29, 0.717) is 36.3 Å². The highest BCUT2D eigenvalue weighted by molar-refractivity contribution is 9.10. The van der Waals surface area contributed by atoms with Crippen molar-refractivity contribution in [1.29, 1.82) is 0 Å². The van der Waals surface area contributed by atoms with E-state index in [0.717, 1.165) is 27.6 Å². The van der Waals surface area contributed by atoms with E-state index in [4.69, 9.17) is 9.47 Å². The minimum atomic E-state index is -0.491. The van der Waals surface area contributed by atoms with Crippen LogP contribution in [0, 0.1) is 5.82 Å². The second kappa shape index (κ2) is 11.4. The van der Waals surface area contributed by atoms with Crippen LogP contribution < -0.4 is 10.1 Å². The van der Waals surface area contributed by atoms with Crippen LogP contribution in [0.2, 0.25) is 0 Å². The molecule has 0 aliphatic carbocycles. The number of esters is 1. The van der Waals surface area contributed by atoms with Gasteiger partial charge >= 0.3 is 12.0 Å². The Morgan fingerprint density at radius 2 is 1.79 bits per heavy atom. The van der Waals surface area contributed by atoms with Crippen LogP contribution in [0.3, 0.4) is 0 Å². The lowest BCUT2D eigenvalue weighted by Gasteiger charge is -2.37. The third-order valence-electron chi connectivity index (χ3n) is 7.10. The first kappa shape index (κ1) is 26.0. The van der Waals surface area contributed by atoms with Gasteiger partial charge in [0.05, 0.1) is 18.7 Å². The first-order chi connectivity index (χ1) is 18.4. The zero-order chi connectivity index (χ0) is 26.6. The number of hydrogen-bond donors (Lipinski definition) is 1. The Balaban J connectivity index is 1.44. The van der Waals surface area contributed by atoms with Gasteiger partial charge in [-0.15, -0.1) is 0 Å². The number of carbonyl (C=O) groups excluding carboxylic acids is 2. The van der Waals surface area contributed by atoms with E-state index < -0.39 is 17.8 Å². The second-order valence-electron chi connectivity index (χ2n) is 9.44. The SMILES string of the molecule is COC(=O)C1=C(c2ccc(F)cc2OCc2ccccc2)C[C@@H]2CC[C@H]1N2C(=O)NCc1ccc(Br)cc1. The second-order valence-corrected chi connectivity index (χ2v) is 10.4. The lowest BCUT2D eigenvalue weighted by atomic mass is 9.88. The van der Waals surface area contributed by atoms with Gasteiger partial charge in [-0.05, 0) is 60.2 Å². The summed E-state index contributed by atoms with van der Waals surface area (Å²) in [6.45, 7) is 0.636. The van der Waals surface area contributed by atoms with Crippen molar-refractivity contribution in [3.05, 3.63) is 105 Å². The molecular weight excluding hydrogens is 551 g/mol. The summed E-state index contributed by atoms with van der Waals surface area (Å²) in [5, 5.41) is 3.00. The fourth-order valence-electron chi connectivity index (χ4n) is 5.32. The van der Waals surface area contributed by atoms with Gasteiger partial charge in [-0.1, -0.05) is 58.4 Å². The van der Waals surface area contributed by atoms with Crippen LogP contribution in [-0.4, -0.2) is 36.1 Å². The number of carbonyl (C=O) groups is 2. The topological polar surface area (TPSA) is 67.9 Å². The Morgan fingerprint density at radius 3 is 2.53 bits per heavy atom. The standard InChI is InChI=1S/C30H28BrFN2O4/c1-37-29(35)28-25(24-13-11-22(32)15-27(24)38-18-20-5-3-2-4-6-20)16-23-12-14-26(28)34(23)30(36)33-17-19-7-9-21(31)10-8-19/h2-11,13,15,23,26H,12,14,16-18H2,1H3,(H,33,36)/t23-,26+/m0/s1. The van der Waals surface area contributed by atoms with E-state index in [2.05, 4.69) is 21.2 Å². The largest absolute Gasteiger partial charge is 0.488 e. The molecule has 0 saturated carbocycles. The monoisotopic (exact) mass is 578 g/mol. The van der Waals surface area contributed by atoms with E-state index in [1.807, 2.05) is 54.6 Å². The molecule has 0 spiro atoms. The number of nitrogens with one attached hydrogen (secondary N) is 1. The van der Waals surface area contributed by atoms with Crippen LogP contribution in [0.1, 0.15) is 36.0 Å². The Kier molecular flexibility index (Phi) is 7.79. The molecule has 3 aromatic rings. The van der Waals surface area contributed by atoms with Crippen LogP contribution in [-0.2, 0) is 22.7 Å². The average Bonchev–Trinajstić information content (AvgIpc) is 3.25. The van der Waals surface area contributed by atoms with Crippen molar-refractivity contribution in [3.63, 3.8) is 0 Å². The van der Waals surface area contributed by atoms with Crippen molar-refractivity contribution in [2.75, 3.05) is 7.11 Å². The number of urea groups is 1. The van der Waals surface area contributed by atoms with Gasteiger partial charge in [0, 0.05) is 28.7 Å². The number of hydrogen-bond acceptors (Lipinski definition) is 4. The normalized spacial score (nSPS) is 18.3. The molecule has 0 radical (unpaired) electrons. The minimum absolute atomic E-state index is 0.0969. The van der Waals surface area contributed by atoms with E-state index in [9.17, 15) is 14.0 Å². The zero-order valence-electron chi connectivity index (χ0n) is 21.0. The lowest BCUT2D eigenvalue weighted by molar-refractivity contribution is -0.136. The van der Waals surface area contributed by atoms with E-state index in [1.165, 1.54) is 19.2 Å². The molecule has 3 aromatic carbocycles. The molecule has 2 amide bonds. The molecule has 5 rings (SSSR count). The van der Waals surface area contributed by atoms with Crippen molar-refractivity contribution in [3.8, 4) is 5.75 Å². The summed E-state index contributed by atoms with van der Waals surface area (Å²) < 4.78 is 26.5. The Hall–Kier alpha value is -3.65. The Morgan fingerprint density at radius 1 is 1.03 bits per heavy atom. The smallest absolute Gasteiger partial charge is 0.336 e. The van der Waals surface area contributed by atoms with Crippen molar-refractivity contribution in [2.45, 2.75) is 44.5 Å². The predicted molar refractivity (Wildman–Crippen MR) is 146 cm³/mol. The summed E-state index contributed by atoms with van der Waals surface area (Å²) in [6, 6.07) is 21.0. The molecule has 1 N–H and O–H groups in total. The molecule has 38 heavy (non-hydrogen) atoms. The molecule has 1 saturated heterocycles. The molecule has 2 atom stereocenters. The highest BCUT2D eigenvalue weighted by atomic mass is 79.9. The molecule has 196 valence electrons. The molecule has 8 heteroatoms. The molecule has 1 fully saturated rings. The summed E-state index contributed by atoms with van der Waals surface area (Å²) in [4.78, 5) is 28.2. The maximum atomic E-state index is 14.3. The van der Waals surface area contributed by atoms with Crippen LogP contribution in [0.5, 0.6) is 5.75 Å². The predicted octanol–water partition coefficient (Wildman–Crippen LogP) is 6.24. The first-order valence-corrected chi connectivity index (χ1v) is 13.3. The third kappa shape index (κ3) is 5.45. The number of nitrogens with zero attached hydrogens (tertiary/aromatic N) is 1. The van der Waals surface area contributed by atoms with Gasteiger partial charge < -0.3 is 19.7 Å². The number of ether oxygens (including phenoxy) is 2. The summed E-state index contributed by atoms with van der Waals surface area (Å²) in [5.41, 5.74) is 3.74. The maximum Gasteiger partial charge on any atom is 0.336 e. The summed E-state index contributed by atoms with van der Waals surface area (Å²) in [7, 11) is 1.34. The third-order valence-corrected chi connectivity index (χ3v) is 7.63. The van der Waals surface area contributed by atoms with Crippen LogP contribution >= 0.6 is 15.9 Å². The van der Waals surface area contributed by atoms with Crippen molar-refractivity contribution in [1.82, 2.24) is 10.2 Å². The molecule has 0 unspecified atom stereocenters. The lowest BCUT2D eigenvalue weighted by Crippen LogP contribution is -2.50. The van der Waals surface area contributed by atoms with E-state index in [1.54, 1.807) is 11.0 Å². The molecule has 2 bridgehead atoms. The summed E-state index contributed by atoms with van der Waals surface area (Å²) >= 11 is 3.42. The summed E-state index contributed by atoms with van der Waals surface area (Å²) in [5.74, 6) is -0.558. The molecule has 6 nitrogen and oxygen atoms in total. The Labute approximate surface area is 229 Å². The molecule has 2 heterocycles. The van der Waals surface area contributed by atoms with Crippen LogP contribution in [0.4, 0.5) is 9.18 Å². The maximum absolute atomic E-state index is 14.3. The van der Waals surface area contributed by atoms with Gasteiger partial charge in [0.1, 0.15) is 18.2 Å². The quantitative estimate of drug-likeness (QED) is 0.337. The van der Waals surface area contributed by atoms with Gasteiger partial charge in [0.15, 0.2) is 0 Å². The molecule has 0 aromatic heterocycles. The number of amides is 2. The van der Waals surface area contributed by atoms with E-state index in [-0.39, 0.29) is 18.7 Å². The fraction of sp³-hybridized carbons (Fsp3) is 0.267. The highest BCUT2D eigenvalue weighted by Crippen LogP contribution is 2.45. The number of benzene rings is 3. The van der Waals surface area contributed by atoms with Crippen molar-refractivity contribution >= 4 is 33.5 Å².